The Morgan fingerprint density at radius 3 is 2.21 bits per heavy atom. The molecule has 0 unspecified atom stereocenters. The molecule has 0 bridgehead atoms. The number of aryl methyl sites for hydroxylation is 3. The number of carboxylic acid groups (broad SMARTS) is 1. The molecule has 0 saturated carbocycles. The third-order valence-corrected chi connectivity index (χ3v) is 9.33. The van der Waals surface area contributed by atoms with Crippen molar-refractivity contribution in [2.45, 2.75) is 51.0 Å². The van der Waals surface area contributed by atoms with Gasteiger partial charge in [-0.3, -0.25) is 0 Å². The van der Waals surface area contributed by atoms with Crippen LogP contribution in [0.5, 0.6) is 0 Å². The maximum Gasteiger partial charge on any atom is 0.347 e. The number of sulfonamides is 1. The molecule has 34 heavy (non-hydrogen) atoms. The van der Waals surface area contributed by atoms with Crippen LogP contribution < -0.4 is 0 Å². The molecule has 2 aromatic carbocycles. The van der Waals surface area contributed by atoms with E-state index in [0.29, 0.717) is 42.9 Å². The quantitative estimate of drug-likeness (QED) is 0.397. The van der Waals surface area contributed by atoms with E-state index in [9.17, 15) is 18.3 Å². The van der Waals surface area contributed by atoms with E-state index < -0.39 is 16.0 Å². The topological polar surface area (TPSA) is 87.6 Å². The van der Waals surface area contributed by atoms with Gasteiger partial charge in [0.05, 0.1) is 17.5 Å². The van der Waals surface area contributed by atoms with Gasteiger partial charge in [-0.25, -0.2) is 18.2 Å². The van der Waals surface area contributed by atoms with Crippen LogP contribution in [-0.4, -0.2) is 41.1 Å². The normalized spacial score (nSPS) is 16.6. The molecule has 0 radical (unpaired) electrons. The van der Waals surface area contributed by atoms with E-state index >= 15 is 0 Å². The molecule has 4 rings (SSSR count). The SMILES string of the molecule is O=C(O)c1sc([C@H]2CCCN2S(=O)(=O)CCCc2ccccc2)nc1CCCc1ccccc1. The Bertz CT molecular complexity index is 1190. The van der Waals surface area contributed by atoms with E-state index in [1.807, 2.05) is 48.5 Å². The molecular formula is C26H30N2O4S2. The molecule has 1 N–H and O–H groups in total. The van der Waals surface area contributed by atoms with Crippen LogP contribution in [0.2, 0.25) is 0 Å². The van der Waals surface area contributed by atoms with Crippen LogP contribution in [0.1, 0.15) is 63.2 Å². The summed E-state index contributed by atoms with van der Waals surface area (Å²) in [6.45, 7) is 0.462. The van der Waals surface area contributed by atoms with E-state index in [-0.39, 0.29) is 16.7 Å². The lowest BCUT2D eigenvalue weighted by molar-refractivity contribution is 0.0700. The second-order valence-corrected chi connectivity index (χ2v) is 11.7. The molecule has 2 heterocycles. The summed E-state index contributed by atoms with van der Waals surface area (Å²) in [6, 6.07) is 19.6. The third-order valence-electron chi connectivity index (χ3n) is 6.19. The minimum absolute atomic E-state index is 0.0828. The van der Waals surface area contributed by atoms with E-state index in [4.69, 9.17) is 0 Å². The number of aromatic nitrogens is 1. The summed E-state index contributed by atoms with van der Waals surface area (Å²) in [5.41, 5.74) is 2.90. The Labute approximate surface area is 205 Å². The Hall–Kier alpha value is -2.55. The van der Waals surface area contributed by atoms with Crippen LogP contribution in [0.25, 0.3) is 0 Å². The predicted molar refractivity (Wildman–Crippen MR) is 135 cm³/mol. The molecule has 180 valence electrons. The second-order valence-electron chi connectivity index (χ2n) is 8.65. The Morgan fingerprint density at radius 2 is 1.59 bits per heavy atom. The molecule has 3 aromatic rings. The van der Waals surface area contributed by atoms with E-state index in [1.165, 1.54) is 5.56 Å². The van der Waals surface area contributed by atoms with Gasteiger partial charge in [-0.1, -0.05) is 60.7 Å². The highest BCUT2D eigenvalue weighted by molar-refractivity contribution is 7.89. The van der Waals surface area contributed by atoms with E-state index in [2.05, 4.69) is 17.1 Å². The third kappa shape index (κ3) is 6.11. The van der Waals surface area contributed by atoms with Crippen molar-refractivity contribution in [3.8, 4) is 0 Å². The minimum atomic E-state index is -3.45. The second kappa shape index (κ2) is 11.3. The molecule has 0 amide bonds. The standard InChI is InChI=1S/C26H30N2O4S2/c29-26(30)24-22(16-7-14-20-10-3-1-4-11-20)27-25(33-24)23-17-8-18-28(23)34(31,32)19-9-15-21-12-5-2-6-13-21/h1-6,10-13,23H,7-9,14-19H2,(H,29,30)/t23-/m1/s1. The number of rotatable bonds is 11. The highest BCUT2D eigenvalue weighted by Gasteiger charge is 2.37. The first-order valence-corrected chi connectivity index (χ1v) is 14.2. The zero-order valence-corrected chi connectivity index (χ0v) is 20.7. The van der Waals surface area contributed by atoms with Crippen molar-refractivity contribution in [1.29, 1.82) is 0 Å². The van der Waals surface area contributed by atoms with Gasteiger partial charge in [0.2, 0.25) is 10.0 Å². The molecule has 8 heteroatoms. The number of aromatic carboxylic acids is 1. The summed E-state index contributed by atoms with van der Waals surface area (Å²) in [5, 5.41) is 10.3. The number of nitrogens with zero attached hydrogens (tertiary/aromatic N) is 2. The molecular weight excluding hydrogens is 468 g/mol. The fraction of sp³-hybridized carbons (Fsp3) is 0.385. The summed E-state index contributed by atoms with van der Waals surface area (Å²) in [7, 11) is -3.45. The van der Waals surface area contributed by atoms with Crippen molar-refractivity contribution >= 4 is 27.3 Å². The fourth-order valence-electron chi connectivity index (χ4n) is 4.49. The highest BCUT2D eigenvalue weighted by Crippen LogP contribution is 2.38. The molecule has 1 fully saturated rings. The smallest absolute Gasteiger partial charge is 0.347 e. The van der Waals surface area contributed by atoms with Crippen molar-refractivity contribution in [2.24, 2.45) is 0 Å². The average Bonchev–Trinajstić information content (AvgIpc) is 3.48. The molecule has 0 aliphatic carbocycles. The summed E-state index contributed by atoms with van der Waals surface area (Å²) < 4.78 is 27.8. The molecule has 1 aromatic heterocycles. The average molecular weight is 499 g/mol. The van der Waals surface area contributed by atoms with Crippen molar-refractivity contribution in [2.75, 3.05) is 12.3 Å². The summed E-state index contributed by atoms with van der Waals surface area (Å²) in [5.74, 6) is -0.909. The number of carbonyl (C=O) groups is 1. The zero-order chi connectivity index (χ0) is 24.0. The van der Waals surface area contributed by atoms with Crippen LogP contribution in [0.15, 0.2) is 60.7 Å². The van der Waals surface area contributed by atoms with Crippen LogP contribution in [0.4, 0.5) is 0 Å². The first kappa shape index (κ1) is 24.6. The minimum Gasteiger partial charge on any atom is -0.477 e. The lowest BCUT2D eigenvalue weighted by Crippen LogP contribution is -2.32. The summed E-state index contributed by atoms with van der Waals surface area (Å²) >= 11 is 1.13. The number of thiazole rings is 1. The van der Waals surface area contributed by atoms with Gasteiger partial charge in [0.1, 0.15) is 9.88 Å². The van der Waals surface area contributed by atoms with Crippen LogP contribution in [0, 0.1) is 0 Å². The Balaban J connectivity index is 1.43. The number of benzene rings is 2. The molecule has 1 saturated heterocycles. The number of carboxylic acids is 1. The maximum absolute atomic E-state index is 13.1. The largest absolute Gasteiger partial charge is 0.477 e. The lowest BCUT2D eigenvalue weighted by Gasteiger charge is -2.22. The van der Waals surface area contributed by atoms with Crippen molar-refractivity contribution in [1.82, 2.24) is 9.29 Å². The zero-order valence-electron chi connectivity index (χ0n) is 19.1. The van der Waals surface area contributed by atoms with Gasteiger partial charge in [-0.15, -0.1) is 11.3 Å². The van der Waals surface area contributed by atoms with Gasteiger partial charge in [0.15, 0.2) is 0 Å². The van der Waals surface area contributed by atoms with Gasteiger partial charge < -0.3 is 5.11 Å². The fourth-order valence-corrected chi connectivity index (χ4v) is 7.40. The maximum atomic E-state index is 13.1. The first-order chi connectivity index (χ1) is 16.4. The molecule has 1 aliphatic rings. The van der Waals surface area contributed by atoms with Crippen LogP contribution >= 0.6 is 11.3 Å². The predicted octanol–water partition coefficient (Wildman–Crippen LogP) is 5.12. The Kier molecular flexibility index (Phi) is 8.13. The Morgan fingerprint density at radius 1 is 0.971 bits per heavy atom. The first-order valence-electron chi connectivity index (χ1n) is 11.7. The molecule has 1 aliphatic heterocycles. The van der Waals surface area contributed by atoms with Gasteiger partial charge >= 0.3 is 5.97 Å². The molecule has 1 atom stereocenters. The van der Waals surface area contributed by atoms with Gasteiger partial charge in [-0.2, -0.15) is 4.31 Å². The van der Waals surface area contributed by atoms with Crippen LogP contribution in [0.3, 0.4) is 0 Å². The van der Waals surface area contributed by atoms with Gasteiger partial charge in [0.25, 0.3) is 0 Å². The van der Waals surface area contributed by atoms with E-state index in [1.54, 1.807) is 4.31 Å². The van der Waals surface area contributed by atoms with Crippen molar-refractivity contribution in [3.63, 3.8) is 0 Å². The number of hydrogen-bond acceptors (Lipinski definition) is 5. The van der Waals surface area contributed by atoms with Gasteiger partial charge in [0, 0.05) is 6.54 Å². The van der Waals surface area contributed by atoms with Crippen molar-refractivity contribution < 1.29 is 18.3 Å². The monoisotopic (exact) mass is 498 g/mol. The van der Waals surface area contributed by atoms with E-state index in [0.717, 1.165) is 36.2 Å². The number of hydrogen-bond donors (Lipinski definition) is 1. The summed E-state index contributed by atoms with van der Waals surface area (Å²) in [4.78, 5) is 16.8. The molecule has 0 spiro atoms. The highest BCUT2D eigenvalue weighted by atomic mass is 32.2. The summed E-state index contributed by atoms with van der Waals surface area (Å²) in [6.07, 6.45) is 4.90. The van der Waals surface area contributed by atoms with Crippen molar-refractivity contribution in [3.05, 3.63) is 87.4 Å². The molecule has 6 nitrogen and oxygen atoms in total. The van der Waals surface area contributed by atoms with Gasteiger partial charge in [-0.05, 0) is 56.1 Å². The lowest BCUT2D eigenvalue weighted by atomic mass is 10.1. The van der Waals surface area contributed by atoms with Crippen LogP contribution in [-0.2, 0) is 29.3 Å².